The average Bonchev–Trinajstić information content (AvgIpc) is 2.57. The maximum atomic E-state index is 9.96. The van der Waals surface area contributed by atoms with Crippen molar-refractivity contribution < 1.29 is 19.7 Å². The number of phenolic OH excluding ortho intramolecular Hbond substituents is 2. The summed E-state index contributed by atoms with van der Waals surface area (Å²) in [4.78, 5) is 2.35. The highest BCUT2D eigenvalue weighted by Gasteiger charge is 2.25. The van der Waals surface area contributed by atoms with Crippen molar-refractivity contribution in [1.29, 1.82) is 0 Å². The van der Waals surface area contributed by atoms with E-state index in [9.17, 15) is 10.2 Å². The molecule has 3 rings (SSSR count). The van der Waals surface area contributed by atoms with Gasteiger partial charge < -0.3 is 19.7 Å². The van der Waals surface area contributed by atoms with Crippen LogP contribution in [0.4, 0.5) is 0 Å². The number of phenols is 2. The molecule has 5 heteroatoms. The summed E-state index contributed by atoms with van der Waals surface area (Å²) in [6, 6.07) is 9.44. The van der Waals surface area contributed by atoms with Crippen LogP contribution in [0.2, 0.25) is 0 Å². The Bertz CT molecular complexity index is 744. The van der Waals surface area contributed by atoms with Crippen LogP contribution >= 0.6 is 0 Å². The zero-order valence-corrected chi connectivity index (χ0v) is 14.2. The molecule has 1 atom stereocenters. The summed E-state index contributed by atoms with van der Waals surface area (Å²) in [6.07, 6.45) is 0.874. The molecule has 0 spiro atoms. The lowest BCUT2D eigenvalue weighted by atomic mass is 9.92. The normalized spacial score (nSPS) is 17.4. The van der Waals surface area contributed by atoms with Crippen molar-refractivity contribution in [3.8, 4) is 23.0 Å². The molecule has 1 heterocycles. The smallest absolute Gasteiger partial charge is 0.160 e. The van der Waals surface area contributed by atoms with Crippen molar-refractivity contribution in [3.63, 3.8) is 0 Å². The summed E-state index contributed by atoms with van der Waals surface area (Å²) in [6.45, 7) is 3.78. The fourth-order valence-corrected chi connectivity index (χ4v) is 3.34. The van der Waals surface area contributed by atoms with E-state index in [0.717, 1.165) is 30.6 Å². The predicted octanol–water partition coefficient (Wildman–Crippen LogP) is 3.23. The van der Waals surface area contributed by atoms with E-state index in [4.69, 9.17) is 9.47 Å². The number of hydrogen-bond acceptors (Lipinski definition) is 5. The van der Waals surface area contributed by atoms with Gasteiger partial charge in [-0.3, -0.25) is 4.90 Å². The second-order valence-electron chi connectivity index (χ2n) is 6.13. The van der Waals surface area contributed by atoms with Crippen LogP contribution in [-0.4, -0.2) is 35.9 Å². The van der Waals surface area contributed by atoms with Gasteiger partial charge in [-0.05, 0) is 54.3 Å². The average molecular weight is 329 g/mol. The van der Waals surface area contributed by atoms with E-state index in [0.29, 0.717) is 11.5 Å². The number of hydrogen-bond donors (Lipinski definition) is 2. The molecular formula is C19H23NO4. The molecule has 0 saturated carbocycles. The predicted molar refractivity (Wildman–Crippen MR) is 91.8 cm³/mol. The largest absolute Gasteiger partial charge is 0.504 e. The summed E-state index contributed by atoms with van der Waals surface area (Å²) < 4.78 is 10.3. The summed E-state index contributed by atoms with van der Waals surface area (Å²) >= 11 is 0. The highest BCUT2D eigenvalue weighted by Crippen LogP contribution is 2.38. The number of benzene rings is 2. The zero-order valence-electron chi connectivity index (χ0n) is 14.2. The van der Waals surface area contributed by atoms with E-state index < -0.39 is 0 Å². The van der Waals surface area contributed by atoms with Gasteiger partial charge in [-0.1, -0.05) is 6.07 Å². The van der Waals surface area contributed by atoms with Gasteiger partial charge in [0, 0.05) is 19.1 Å². The first-order chi connectivity index (χ1) is 11.5. The van der Waals surface area contributed by atoms with Crippen LogP contribution in [-0.2, 0) is 13.0 Å². The van der Waals surface area contributed by atoms with E-state index in [1.54, 1.807) is 32.4 Å². The second kappa shape index (κ2) is 6.61. The SMILES string of the molecule is COc1ccc(CN2CCc3cc(O)c(OC)cc3[C@@H]2C)cc1O. The van der Waals surface area contributed by atoms with E-state index in [1.807, 2.05) is 12.1 Å². The molecule has 1 aliphatic rings. The number of aromatic hydroxyl groups is 2. The standard InChI is InChI=1S/C19H23NO4/c1-12-15-10-19(24-3)17(22)9-14(15)6-7-20(12)11-13-4-5-18(23-2)16(21)8-13/h4-5,8-10,12,21-22H,6-7,11H2,1-3H3/t12-/m0/s1. The Kier molecular flexibility index (Phi) is 4.53. The van der Waals surface area contributed by atoms with Gasteiger partial charge in [0.25, 0.3) is 0 Å². The van der Waals surface area contributed by atoms with Crippen LogP contribution in [0.5, 0.6) is 23.0 Å². The van der Waals surface area contributed by atoms with Crippen molar-refractivity contribution >= 4 is 0 Å². The van der Waals surface area contributed by atoms with Crippen LogP contribution in [0.3, 0.4) is 0 Å². The van der Waals surface area contributed by atoms with Gasteiger partial charge in [0.05, 0.1) is 14.2 Å². The van der Waals surface area contributed by atoms with Crippen molar-refractivity contribution in [2.24, 2.45) is 0 Å². The van der Waals surface area contributed by atoms with Gasteiger partial charge in [0.1, 0.15) is 0 Å². The van der Waals surface area contributed by atoms with Gasteiger partial charge in [0.15, 0.2) is 23.0 Å². The number of fused-ring (bicyclic) bond motifs is 1. The molecule has 0 amide bonds. The summed E-state index contributed by atoms with van der Waals surface area (Å²) in [5.74, 6) is 1.34. The Morgan fingerprint density at radius 3 is 2.42 bits per heavy atom. The molecule has 5 nitrogen and oxygen atoms in total. The maximum absolute atomic E-state index is 9.96. The molecule has 2 N–H and O–H groups in total. The summed E-state index contributed by atoms with van der Waals surface area (Å²) in [5, 5.41) is 19.9. The fraction of sp³-hybridized carbons (Fsp3) is 0.368. The van der Waals surface area contributed by atoms with E-state index in [1.165, 1.54) is 5.56 Å². The molecular weight excluding hydrogens is 306 g/mol. The highest BCUT2D eigenvalue weighted by atomic mass is 16.5. The molecule has 0 fully saturated rings. The molecule has 0 aliphatic carbocycles. The molecule has 128 valence electrons. The van der Waals surface area contributed by atoms with E-state index in [2.05, 4.69) is 11.8 Å². The Morgan fingerprint density at radius 2 is 1.75 bits per heavy atom. The van der Waals surface area contributed by atoms with Gasteiger partial charge in [-0.15, -0.1) is 0 Å². The Labute approximate surface area is 142 Å². The van der Waals surface area contributed by atoms with Crippen LogP contribution in [0.25, 0.3) is 0 Å². The lowest BCUT2D eigenvalue weighted by Crippen LogP contribution is -2.33. The lowest BCUT2D eigenvalue weighted by molar-refractivity contribution is 0.188. The van der Waals surface area contributed by atoms with E-state index in [-0.39, 0.29) is 17.5 Å². The quantitative estimate of drug-likeness (QED) is 0.902. The fourth-order valence-electron chi connectivity index (χ4n) is 3.34. The first-order valence-electron chi connectivity index (χ1n) is 8.03. The van der Waals surface area contributed by atoms with E-state index >= 15 is 0 Å². The highest BCUT2D eigenvalue weighted by molar-refractivity contribution is 5.48. The number of nitrogens with zero attached hydrogens (tertiary/aromatic N) is 1. The van der Waals surface area contributed by atoms with Crippen molar-refractivity contribution in [2.75, 3.05) is 20.8 Å². The first kappa shape index (κ1) is 16.5. The van der Waals surface area contributed by atoms with Crippen LogP contribution in [0.1, 0.15) is 29.7 Å². The molecule has 24 heavy (non-hydrogen) atoms. The minimum absolute atomic E-state index is 0.159. The van der Waals surface area contributed by atoms with Gasteiger partial charge >= 0.3 is 0 Å². The van der Waals surface area contributed by atoms with Gasteiger partial charge in [-0.2, -0.15) is 0 Å². The molecule has 0 bridgehead atoms. The van der Waals surface area contributed by atoms with Crippen molar-refractivity contribution in [1.82, 2.24) is 4.90 Å². The third-order valence-electron chi connectivity index (χ3n) is 4.74. The Balaban J connectivity index is 1.83. The molecule has 1 aliphatic heterocycles. The zero-order chi connectivity index (χ0) is 17.3. The third-order valence-corrected chi connectivity index (χ3v) is 4.74. The minimum Gasteiger partial charge on any atom is -0.504 e. The second-order valence-corrected chi connectivity index (χ2v) is 6.13. The van der Waals surface area contributed by atoms with Crippen LogP contribution in [0.15, 0.2) is 30.3 Å². The molecule has 2 aromatic rings. The monoisotopic (exact) mass is 329 g/mol. The third kappa shape index (κ3) is 2.99. The molecule has 2 aromatic carbocycles. The topological polar surface area (TPSA) is 62.2 Å². The van der Waals surface area contributed by atoms with Gasteiger partial charge in [-0.25, -0.2) is 0 Å². The Morgan fingerprint density at radius 1 is 1.04 bits per heavy atom. The summed E-state index contributed by atoms with van der Waals surface area (Å²) in [5.41, 5.74) is 3.37. The summed E-state index contributed by atoms with van der Waals surface area (Å²) in [7, 11) is 3.11. The lowest BCUT2D eigenvalue weighted by Gasteiger charge is -2.35. The number of ether oxygens (including phenoxy) is 2. The van der Waals surface area contributed by atoms with Gasteiger partial charge in [0.2, 0.25) is 0 Å². The van der Waals surface area contributed by atoms with Crippen LogP contribution < -0.4 is 9.47 Å². The first-order valence-corrected chi connectivity index (χ1v) is 8.03. The Hall–Kier alpha value is -2.40. The number of methoxy groups -OCH3 is 2. The molecule has 0 saturated heterocycles. The van der Waals surface area contributed by atoms with Crippen molar-refractivity contribution in [2.45, 2.75) is 25.9 Å². The minimum atomic E-state index is 0.159. The number of rotatable bonds is 4. The molecule has 0 unspecified atom stereocenters. The van der Waals surface area contributed by atoms with Crippen LogP contribution in [0, 0.1) is 0 Å². The molecule has 0 radical (unpaired) electrons. The molecule has 0 aromatic heterocycles. The maximum Gasteiger partial charge on any atom is 0.160 e. The van der Waals surface area contributed by atoms with Crippen molar-refractivity contribution in [3.05, 3.63) is 47.0 Å².